The Hall–Kier alpha value is -1.10. The first kappa shape index (κ1) is 15.3. The summed E-state index contributed by atoms with van der Waals surface area (Å²) >= 11 is 0. The molecular formula is C15H27N3O2. The lowest BCUT2D eigenvalue weighted by Crippen LogP contribution is -2.48. The van der Waals surface area contributed by atoms with Crippen molar-refractivity contribution in [3.63, 3.8) is 0 Å². The zero-order valence-electron chi connectivity index (χ0n) is 12.8. The van der Waals surface area contributed by atoms with Gasteiger partial charge < -0.3 is 16.0 Å². The Bertz CT molecular complexity index is 377. The number of piperidine rings is 1. The summed E-state index contributed by atoms with van der Waals surface area (Å²) in [6, 6.07) is -0.297. The van der Waals surface area contributed by atoms with Crippen LogP contribution in [0.5, 0.6) is 0 Å². The minimum absolute atomic E-state index is 0.0544. The van der Waals surface area contributed by atoms with E-state index >= 15 is 0 Å². The second-order valence-corrected chi connectivity index (χ2v) is 6.42. The van der Waals surface area contributed by atoms with Gasteiger partial charge in [-0.3, -0.25) is 9.59 Å². The van der Waals surface area contributed by atoms with Gasteiger partial charge in [0.2, 0.25) is 11.8 Å². The van der Waals surface area contributed by atoms with E-state index in [1.165, 1.54) is 0 Å². The molecule has 3 atom stereocenters. The lowest BCUT2D eigenvalue weighted by Gasteiger charge is -2.24. The summed E-state index contributed by atoms with van der Waals surface area (Å²) in [5.41, 5.74) is 0.224. The predicted molar refractivity (Wildman–Crippen MR) is 78.1 cm³/mol. The molecule has 5 nitrogen and oxygen atoms in total. The topological polar surface area (TPSA) is 70.2 Å². The van der Waals surface area contributed by atoms with Crippen LogP contribution >= 0.6 is 0 Å². The van der Waals surface area contributed by atoms with Crippen LogP contribution < -0.4 is 16.0 Å². The fourth-order valence-electron chi connectivity index (χ4n) is 3.05. The van der Waals surface area contributed by atoms with Gasteiger partial charge in [-0.1, -0.05) is 6.92 Å². The fraction of sp³-hybridized carbons (Fsp3) is 0.867. The first-order chi connectivity index (χ1) is 9.48. The Kier molecular flexibility index (Phi) is 4.68. The average molecular weight is 281 g/mol. The largest absolute Gasteiger partial charge is 0.352 e. The highest BCUT2D eigenvalue weighted by molar-refractivity contribution is 5.89. The van der Waals surface area contributed by atoms with Crippen molar-refractivity contribution in [2.75, 3.05) is 13.1 Å². The fourth-order valence-corrected chi connectivity index (χ4v) is 3.05. The van der Waals surface area contributed by atoms with E-state index in [1.807, 2.05) is 13.8 Å². The highest BCUT2D eigenvalue weighted by Crippen LogP contribution is 2.58. The summed E-state index contributed by atoms with van der Waals surface area (Å²) in [5.74, 6) is 0.0786. The van der Waals surface area contributed by atoms with Crippen molar-refractivity contribution < 1.29 is 9.59 Å². The van der Waals surface area contributed by atoms with Crippen molar-refractivity contribution in [3.8, 4) is 0 Å². The van der Waals surface area contributed by atoms with Gasteiger partial charge in [-0.25, -0.2) is 0 Å². The van der Waals surface area contributed by atoms with Crippen LogP contribution in [0.4, 0.5) is 0 Å². The standard InChI is InChI=1S/C15H27N3O2/c1-4-10(2)17-13(19)11(3)18-14(20)12-9-15(12)5-7-16-8-6-15/h10-12,16H,4-9H2,1-3H3,(H,17,19)(H,18,20). The molecule has 2 rings (SSSR count). The SMILES string of the molecule is CCC(C)NC(=O)C(C)NC(=O)C1CC12CCNCC2. The molecule has 1 saturated heterocycles. The average Bonchev–Trinajstić information content (AvgIpc) is 3.12. The number of hydrogen-bond acceptors (Lipinski definition) is 3. The molecule has 0 aromatic heterocycles. The minimum atomic E-state index is -0.448. The molecule has 0 aromatic rings. The summed E-state index contributed by atoms with van der Waals surface area (Å²) < 4.78 is 0. The second-order valence-electron chi connectivity index (χ2n) is 6.42. The van der Waals surface area contributed by atoms with Gasteiger partial charge in [0.05, 0.1) is 0 Å². The van der Waals surface area contributed by atoms with Gasteiger partial charge in [-0.15, -0.1) is 0 Å². The van der Waals surface area contributed by atoms with E-state index < -0.39 is 6.04 Å². The summed E-state index contributed by atoms with van der Waals surface area (Å²) in [5, 5.41) is 9.10. The van der Waals surface area contributed by atoms with Crippen molar-refractivity contribution in [1.29, 1.82) is 0 Å². The molecule has 3 unspecified atom stereocenters. The number of nitrogens with one attached hydrogen (secondary N) is 3. The predicted octanol–water partition coefficient (Wildman–Crippen LogP) is 0.796. The number of hydrogen-bond donors (Lipinski definition) is 3. The highest BCUT2D eigenvalue weighted by Gasteiger charge is 2.57. The van der Waals surface area contributed by atoms with Crippen LogP contribution in [0, 0.1) is 11.3 Å². The van der Waals surface area contributed by atoms with Crippen molar-refractivity contribution >= 4 is 11.8 Å². The molecule has 0 radical (unpaired) electrons. The van der Waals surface area contributed by atoms with Crippen LogP contribution in [0.3, 0.4) is 0 Å². The molecule has 1 saturated carbocycles. The Morgan fingerprint density at radius 2 is 1.90 bits per heavy atom. The molecule has 1 aliphatic heterocycles. The van der Waals surface area contributed by atoms with E-state index in [9.17, 15) is 9.59 Å². The molecule has 2 amide bonds. The molecule has 2 fully saturated rings. The van der Waals surface area contributed by atoms with Crippen molar-refractivity contribution in [2.45, 2.75) is 58.5 Å². The number of carbonyl (C=O) groups is 2. The van der Waals surface area contributed by atoms with Gasteiger partial charge in [-0.05, 0) is 58.0 Å². The summed E-state index contributed by atoms with van der Waals surface area (Å²) in [4.78, 5) is 24.2. The normalized spacial score (nSPS) is 26.6. The van der Waals surface area contributed by atoms with Gasteiger partial charge in [0.1, 0.15) is 6.04 Å². The quantitative estimate of drug-likeness (QED) is 0.698. The zero-order chi connectivity index (χ0) is 14.8. The highest BCUT2D eigenvalue weighted by atomic mass is 16.2. The second kappa shape index (κ2) is 6.12. The van der Waals surface area contributed by atoms with E-state index in [4.69, 9.17) is 0 Å². The van der Waals surface area contributed by atoms with Gasteiger partial charge >= 0.3 is 0 Å². The van der Waals surface area contributed by atoms with E-state index in [2.05, 4.69) is 16.0 Å². The first-order valence-electron chi connectivity index (χ1n) is 7.80. The Morgan fingerprint density at radius 3 is 2.50 bits per heavy atom. The third kappa shape index (κ3) is 3.32. The van der Waals surface area contributed by atoms with Gasteiger partial charge in [0.25, 0.3) is 0 Å². The number of amides is 2. The monoisotopic (exact) mass is 281 g/mol. The molecule has 5 heteroatoms. The molecule has 1 heterocycles. The molecule has 0 aromatic carbocycles. The summed E-state index contributed by atoms with van der Waals surface area (Å²) in [6.07, 6.45) is 4.04. The third-order valence-corrected chi connectivity index (χ3v) is 4.86. The minimum Gasteiger partial charge on any atom is -0.352 e. The zero-order valence-corrected chi connectivity index (χ0v) is 12.8. The van der Waals surface area contributed by atoms with Crippen LogP contribution in [0.15, 0.2) is 0 Å². The molecule has 1 spiro atoms. The Balaban J connectivity index is 1.79. The van der Waals surface area contributed by atoms with Crippen molar-refractivity contribution in [3.05, 3.63) is 0 Å². The number of carbonyl (C=O) groups excluding carboxylic acids is 2. The molecule has 3 N–H and O–H groups in total. The molecule has 0 bridgehead atoms. The van der Waals surface area contributed by atoms with Crippen LogP contribution in [-0.4, -0.2) is 37.0 Å². The van der Waals surface area contributed by atoms with Gasteiger partial charge in [0.15, 0.2) is 0 Å². The maximum atomic E-state index is 12.2. The first-order valence-corrected chi connectivity index (χ1v) is 7.80. The smallest absolute Gasteiger partial charge is 0.242 e. The van der Waals surface area contributed by atoms with Gasteiger partial charge in [0, 0.05) is 12.0 Å². The Labute approximate surface area is 121 Å². The maximum absolute atomic E-state index is 12.2. The van der Waals surface area contributed by atoms with E-state index in [-0.39, 0.29) is 29.2 Å². The number of rotatable bonds is 5. The Morgan fingerprint density at radius 1 is 1.25 bits per heavy atom. The molecule has 2 aliphatic rings. The lowest BCUT2D eigenvalue weighted by molar-refractivity contribution is -0.130. The van der Waals surface area contributed by atoms with Crippen molar-refractivity contribution in [1.82, 2.24) is 16.0 Å². The summed E-state index contributed by atoms with van der Waals surface area (Å²) in [6.45, 7) is 7.77. The van der Waals surface area contributed by atoms with Crippen molar-refractivity contribution in [2.24, 2.45) is 11.3 Å². The van der Waals surface area contributed by atoms with E-state index in [0.29, 0.717) is 0 Å². The molecule has 114 valence electrons. The van der Waals surface area contributed by atoms with Crippen LogP contribution in [0.1, 0.15) is 46.5 Å². The van der Waals surface area contributed by atoms with Gasteiger partial charge in [-0.2, -0.15) is 0 Å². The summed E-state index contributed by atoms with van der Waals surface area (Å²) in [7, 11) is 0. The molecular weight excluding hydrogens is 254 g/mol. The van der Waals surface area contributed by atoms with E-state index in [0.717, 1.165) is 38.8 Å². The molecule has 20 heavy (non-hydrogen) atoms. The van der Waals surface area contributed by atoms with Crippen LogP contribution in [-0.2, 0) is 9.59 Å². The van der Waals surface area contributed by atoms with E-state index in [1.54, 1.807) is 6.92 Å². The van der Waals surface area contributed by atoms with Crippen LogP contribution in [0.2, 0.25) is 0 Å². The maximum Gasteiger partial charge on any atom is 0.242 e. The lowest BCUT2D eigenvalue weighted by atomic mass is 9.91. The third-order valence-electron chi connectivity index (χ3n) is 4.86. The van der Waals surface area contributed by atoms with Crippen LogP contribution in [0.25, 0.3) is 0 Å². The molecule has 1 aliphatic carbocycles.